The molecule has 1 fully saturated rings. The Balaban J connectivity index is 1.93. The minimum Gasteiger partial charge on any atom is -0.355 e. The van der Waals surface area contributed by atoms with Crippen molar-refractivity contribution in [2.45, 2.75) is 13.3 Å². The van der Waals surface area contributed by atoms with E-state index in [9.17, 15) is 4.79 Å². The van der Waals surface area contributed by atoms with Crippen molar-refractivity contribution in [1.29, 1.82) is 0 Å². The number of hydrogen-bond acceptors (Lipinski definition) is 3. The summed E-state index contributed by atoms with van der Waals surface area (Å²) in [5.41, 5.74) is 0. The predicted octanol–water partition coefficient (Wildman–Crippen LogP) is 0.893. The van der Waals surface area contributed by atoms with Gasteiger partial charge in [0.05, 0.1) is 19.1 Å². The van der Waals surface area contributed by atoms with Gasteiger partial charge in [-0.1, -0.05) is 12.2 Å². The van der Waals surface area contributed by atoms with Crippen LogP contribution in [0.3, 0.4) is 0 Å². The molecule has 0 bridgehead atoms. The summed E-state index contributed by atoms with van der Waals surface area (Å²) in [6.45, 7) is 3.70. The van der Waals surface area contributed by atoms with Gasteiger partial charge in [0.2, 0.25) is 5.91 Å². The van der Waals surface area contributed by atoms with Gasteiger partial charge in [0.15, 0.2) is 0 Å². The summed E-state index contributed by atoms with van der Waals surface area (Å²) >= 11 is 0. The van der Waals surface area contributed by atoms with E-state index in [2.05, 4.69) is 17.5 Å². The first-order chi connectivity index (χ1) is 7.33. The summed E-state index contributed by atoms with van der Waals surface area (Å²) in [7, 11) is 0. The lowest BCUT2D eigenvalue weighted by atomic mass is 9.78. The molecule has 1 saturated heterocycles. The quantitative estimate of drug-likeness (QED) is 0.325. The summed E-state index contributed by atoms with van der Waals surface area (Å²) in [5, 5.41) is 2.90. The van der Waals surface area contributed by atoms with Crippen molar-refractivity contribution in [2.24, 2.45) is 17.8 Å². The van der Waals surface area contributed by atoms with Crippen LogP contribution >= 0.6 is 0 Å². The molecule has 3 atom stereocenters. The fraction of sp³-hybridized carbons (Fsp3) is 0.727. The second-order valence-corrected chi connectivity index (χ2v) is 4.05. The Kier molecular flexibility index (Phi) is 3.38. The second kappa shape index (κ2) is 4.77. The molecule has 0 saturated carbocycles. The summed E-state index contributed by atoms with van der Waals surface area (Å²) < 4.78 is 0. The average Bonchev–Trinajstić information content (AvgIpc) is 2.62. The third-order valence-electron chi connectivity index (χ3n) is 3.09. The number of hydrogen-bond donors (Lipinski definition) is 1. The second-order valence-electron chi connectivity index (χ2n) is 4.05. The molecular weight excluding hydrogens is 194 g/mol. The Morgan fingerprint density at radius 3 is 3.20 bits per heavy atom. The van der Waals surface area contributed by atoms with Gasteiger partial charge in [-0.2, -0.15) is 0 Å². The highest BCUT2D eigenvalue weighted by molar-refractivity contribution is 5.82. The van der Waals surface area contributed by atoms with E-state index >= 15 is 0 Å². The molecule has 3 unspecified atom stereocenters. The van der Waals surface area contributed by atoms with Crippen LogP contribution in [0.15, 0.2) is 12.2 Å². The van der Waals surface area contributed by atoms with E-state index in [0.29, 0.717) is 19.1 Å². The molecule has 4 nitrogen and oxygen atoms in total. The van der Waals surface area contributed by atoms with Gasteiger partial charge >= 0.3 is 0 Å². The molecule has 1 heterocycles. The Morgan fingerprint density at radius 2 is 2.40 bits per heavy atom. The highest BCUT2D eigenvalue weighted by atomic mass is 17.2. The van der Waals surface area contributed by atoms with Crippen LogP contribution in [-0.2, 0) is 14.6 Å². The zero-order valence-electron chi connectivity index (χ0n) is 8.94. The molecular formula is C11H17NO3. The van der Waals surface area contributed by atoms with Gasteiger partial charge in [-0.25, -0.2) is 9.78 Å². The van der Waals surface area contributed by atoms with E-state index in [4.69, 9.17) is 9.78 Å². The minimum absolute atomic E-state index is 0.0791. The molecule has 2 rings (SSSR count). The zero-order chi connectivity index (χ0) is 10.7. The van der Waals surface area contributed by atoms with Crippen LogP contribution in [0.4, 0.5) is 0 Å². The molecule has 1 amide bonds. The third kappa shape index (κ3) is 2.21. The fourth-order valence-corrected chi connectivity index (χ4v) is 2.37. The molecule has 1 N–H and O–H groups in total. The van der Waals surface area contributed by atoms with E-state index in [-0.39, 0.29) is 17.7 Å². The van der Waals surface area contributed by atoms with Crippen molar-refractivity contribution in [3.63, 3.8) is 0 Å². The normalized spacial score (nSPS) is 33.9. The minimum atomic E-state index is 0.0791. The lowest BCUT2D eigenvalue weighted by molar-refractivity contribution is -0.299. The van der Waals surface area contributed by atoms with Crippen molar-refractivity contribution >= 4 is 5.91 Å². The first kappa shape index (κ1) is 10.6. The van der Waals surface area contributed by atoms with Gasteiger partial charge in [0, 0.05) is 18.4 Å². The SMILES string of the molecule is CCOOCC1CC=CC2CNC(=O)C21. The molecule has 1 aliphatic heterocycles. The molecule has 4 heteroatoms. The maximum Gasteiger partial charge on any atom is 0.224 e. The number of amides is 1. The lowest BCUT2D eigenvalue weighted by Crippen LogP contribution is -2.31. The van der Waals surface area contributed by atoms with E-state index in [1.807, 2.05) is 6.92 Å². The monoisotopic (exact) mass is 211 g/mol. The smallest absolute Gasteiger partial charge is 0.224 e. The first-order valence-electron chi connectivity index (χ1n) is 5.51. The highest BCUT2D eigenvalue weighted by Gasteiger charge is 2.40. The molecule has 84 valence electrons. The van der Waals surface area contributed by atoms with Crippen LogP contribution < -0.4 is 5.32 Å². The van der Waals surface area contributed by atoms with Gasteiger partial charge in [0.25, 0.3) is 0 Å². The molecule has 0 aromatic rings. The van der Waals surface area contributed by atoms with E-state index < -0.39 is 0 Å². The number of allylic oxidation sites excluding steroid dienone is 1. The number of carbonyl (C=O) groups excluding carboxylic acids is 1. The van der Waals surface area contributed by atoms with Gasteiger partial charge < -0.3 is 5.32 Å². The maximum atomic E-state index is 11.6. The van der Waals surface area contributed by atoms with Crippen LogP contribution in [0.25, 0.3) is 0 Å². The predicted molar refractivity (Wildman–Crippen MR) is 54.8 cm³/mol. The summed E-state index contributed by atoms with van der Waals surface area (Å²) in [6, 6.07) is 0. The maximum absolute atomic E-state index is 11.6. The molecule has 0 spiro atoms. The van der Waals surface area contributed by atoms with Crippen LogP contribution in [-0.4, -0.2) is 25.7 Å². The largest absolute Gasteiger partial charge is 0.355 e. The topological polar surface area (TPSA) is 47.6 Å². The molecule has 2 aliphatic rings. The first-order valence-corrected chi connectivity index (χ1v) is 5.51. The van der Waals surface area contributed by atoms with Gasteiger partial charge in [-0.3, -0.25) is 4.79 Å². The number of fused-ring (bicyclic) bond motifs is 1. The van der Waals surface area contributed by atoms with Crippen LogP contribution in [0.5, 0.6) is 0 Å². The number of carbonyl (C=O) groups is 1. The number of nitrogens with one attached hydrogen (secondary N) is 1. The van der Waals surface area contributed by atoms with Crippen molar-refractivity contribution in [3.8, 4) is 0 Å². The van der Waals surface area contributed by atoms with Gasteiger partial charge in [0.1, 0.15) is 0 Å². The average molecular weight is 211 g/mol. The zero-order valence-corrected chi connectivity index (χ0v) is 8.94. The van der Waals surface area contributed by atoms with Crippen molar-refractivity contribution in [2.75, 3.05) is 19.8 Å². The van der Waals surface area contributed by atoms with E-state index in [1.165, 1.54) is 0 Å². The van der Waals surface area contributed by atoms with Crippen LogP contribution in [0.1, 0.15) is 13.3 Å². The molecule has 0 aromatic heterocycles. The molecule has 0 radical (unpaired) electrons. The standard InChI is InChI=1S/C11H17NO3/c1-2-14-15-7-9-5-3-4-8-6-12-11(13)10(8)9/h3-4,8-10H,2,5-7H2,1H3,(H,12,13). The molecule has 15 heavy (non-hydrogen) atoms. The van der Waals surface area contributed by atoms with Crippen molar-refractivity contribution < 1.29 is 14.6 Å². The van der Waals surface area contributed by atoms with E-state index in [1.54, 1.807) is 0 Å². The van der Waals surface area contributed by atoms with Crippen molar-refractivity contribution in [3.05, 3.63) is 12.2 Å². The Labute approximate surface area is 89.6 Å². The Morgan fingerprint density at radius 1 is 1.53 bits per heavy atom. The molecule has 1 aliphatic carbocycles. The third-order valence-corrected chi connectivity index (χ3v) is 3.09. The number of rotatable bonds is 4. The van der Waals surface area contributed by atoms with Crippen LogP contribution in [0, 0.1) is 17.8 Å². The highest BCUT2D eigenvalue weighted by Crippen LogP contribution is 2.33. The van der Waals surface area contributed by atoms with Gasteiger partial charge in [-0.05, 0) is 13.3 Å². The summed E-state index contributed by atoms with van der Waals surface area (Å²) in [5.74, 6) is 0.848. The van der Waals surface area contributed by atoms with E-state index in [0.717, 1.165) is 13.0 Å². The summed E-state index contributed by atoms with van der Waals surface area (Å²) in [4.78, 5) is 21.5. The molecule has 0 aromatic carbocycles. The Hall–Kier alpha value is -0.870. The lowest BCUT2D eigenvalue weighted by Gasteiger charge is -2.26. The fourth-order valence-electron chi connectivity index (χ4n) is 2.37. The van der Waals surface area contributed by atoms with Crippen LogP contribution in [0.2, 0.25) is 0 Å². The Bertz CT molecular complexity index is 265. The van der Waals surface area contributed by atoms with Crippen molar-refractivity contribution in [1.82, 2.24) is 5.32 Å². The summed E-state index contributed by atoms with van der Waals surface area (Å²) in [6.07, 6.45) is 5.18. The van der Waals surface area contributed by atoms with Gasteiger partial charge in [-0.15, -0.1) is 0 Å².